The fourth-order valence-electron chi connectivity index (χ4n) is 0.972. The molecule has 0 amide bonds. The molecule has 0 spiro atoms. The van der Waals surface area contributed by atoms with Gasteiger partial charge in [0.25, 0.3) is 0 Å². The van der Waals surface area contributed by atoms with Crippen LogP contribution in [0.3, 0.4) is 0 Å². The molecular formula is C10H17N3OS2. The highest BCUT2D eigenvalue weighted by Gasteiger charge is 2.12. The fraction of sp³-hybridized carbons (Fsp3) is 0.600. The molecule has 6 heteroatoms. The third kappa shape index (κ3) is 3.84. The Morgan fingerprint density at radius 2 is 2.06 bits per heavy atom. The summed E-state index contributed by atoms with van der Waals surface area (Å²) in [5.41, 5.74) is 0. The van der Waals surface area contributed by atoms with Crippen LogP contribution in [-0.4, -0.2) is 39.7 Å². The van der Waals surface area contributed by atoms with Crippen molar-refractivity contribution in [2.45, 2.75) is 35.4 Å². The van der Waals surface area contributed by atoms with Crippen LogP contribution in [0.15, 0.2) is 16.2 Å². The average Bonchev–Trinajstić information content (AvgIpc) is 2.28. The zero-order valence-corrected chi connectivity index (χ0v) is 11.5. The molecule has 1 heterocycles. The van der Waals surface area contributed by atoms with Crippen LogP contribution in [-0.2, 0) is 0 Å². The summed E-state index contributed by atoms with van der Waals surface area (Å²) >= 11 is 3.07. The lowest BCUT2D eigenvalue weighted by Crippen LogP contribution is -2.15. The van der Waals surface area contributed by atoms with Gasteiger partial charge in [-0.15, -0.1) is 11.8 Å². The highest BCUT2D eigenvalue weighted by atomic mass is 32.2. The Hall–Kier alpha value is -0.460. The van der Waals surface area contributed by atoms with Gasteiger partial charge in [0.05, 0.1) is 6.10 Å². The topological polar surface area (TPSA) is 58.0 Å². The first-order valence-electron chi connectivity index (χ1n) is 5.02. The lowest BCUT2D eigenvalue weighted by atomic mass is 10.3. The van der Waals surface area contributed by atoms with Crippen LogP contribution in [0.2, 0.25) is 0 Å². The number of nitrogens with zero attached hydrogens (tertiary/aromatic N) is 2. The van der Waals surface area contributed by atoms with Crippen molar-refractivity contribution in [1.82, 2.24) is 9.97 Å². The van der Waals surface area contributed by atoms with Gasteiger partial charge in [0, 0.05) is 18.4 Å². The van der Waals surface area contributed by atoms with E-state index in [4.69, 9.17) is 0 Å². The van der Waals surface area contributed by atoms with Crippen LogP contribution >= 0.6 is 23.5 Å². The van der Waals surface area contributed by atoms with Gasteiger partial charge in [-0.1, -0.05) is 18.7 Å². The van der Waals surface area contributed by atoms with Crippen molar-refractivity contribution in [1.29, 1.82) is 0 Å². The summed E-state index contributed by atoms with van der Waals surface area (Å²) in [6.45, 7) is 3.77. The van der Waals surface area contributed by atoms with Gasteiger partial charge in [0.1, 0.15) is 10.8 Å². The molecule has 0 aliphatic carbocycles. The van der Waals surface area contributed by atoms with Gasteiger partial charge < -0.3 is 10.4 Å². The van der Waals surface area contributed by atoms with Gasteiger partial charge in [-0.2, -0.15) is 0 Å². The molecule has 2 atom stereocenters. The van der Waals surface area contributed by atoms with Crippen molar-refractivity contribution in [3.63, 3.8) is 0 Å². The maximum Gasteiger partial charge on any atom is 0.190 e. The number of nitrogens with one attached hydrogen (secondary N) is 1. The van der Waals surface area contributed by atoms with E-state index in [9.17, 15) is 5.11 Å². The van der Waals surface area contributed by atoms with Gasteiger partial charge in [-0.25, -0.2) is 9.97 Å². The summed E-state index contributed by atoms with van der Waals surface area (Å²) in [4.78, 5) is 8.67. The minimum absolute atomic E-state index is 0.120. The van der Waals surface area contributed by atoms with E-state index in [1.54, 1.807) is 18.7 Å². The third-order valence-corrected chi connectivity index (χ3v) is 3.87. The van der Waals surface area contributed by atoms with Gasteiger partial charge >= 0.3 is 0 Å². The molecule has 16 heavy (non-hydrogen) atoms. The summed E-state index contributed by atoms with van der Waals surface area (Å²) in [5, 5.41) is 14.2. The maximum atomic E-state index is 9.45. The van der Waals surface area contributed by atoms with Gasteiger partial charge in [-0.05, 0) is 13.2 Å². The van der Waals surface area contributed by atoms with Crippen LogP contribution in [0.4, 0.5) is 5.82 Å². The average molecular weight is 259 g/mol. The van der Waals surface area contributed by atoms with Gasteiger partial charge in [-0.3, -0.25) is 0 Å². The Morgan fingerprint density at radius 1 is 1.38 bits per heavy atom. The second-order valence-electron chi connectivity index (χ2n) is 3.39. The van der Waals surface area contributed by atoms with Crippen molar-refractivity contribution in [3.05, 3.63) is 6.07 Å². The number of hydrogen-bond acceptors (Lipinski definition) is 6. The SMILES string of the molecule is CNc1cc(SC(C)C(C)O)nc(SC)n1. The van der Waals surface area contributed by atoms with Crippen molar-refractivity contribution in [2.24, 2.45) is 0 Å². The summed E-state index contributed by atoms with van der Waals surface area (Å²) in [7, 11) is 1.83. The Balaban J connectivity index is 2.86. The Kier molecular flexibility index (Phi) is 5.37. The second-order valence-corrected chi connectivity index (χ2v) is 5.56. The molecule has 4 nitrogen and oxygen atoms in total. The van der Waals surface area contributed by atoms with E-state index in [0.29, 0.717) is 0 Å². The summed E-state index contributed by atoms with van der Waals surface area (Å²) in [6, 6.07) is 1.89. The molecule has 0 fully saturated rings. The monoisotopic (exact) mass is 259 g/mol. The zero-order chi connectivity index (χ0) is 12.1. The van der Waals surface area contributed by atoms with E-state index in [-0.39, 0.29) is 11.4 Å². The molecule has 0 bridgehead atoms. The highest BCUT2D eigenvalue weighted by Crippen LogP contribution is 2.26. The van der Waals surface area contributed by atoms with Crippen LogP contribution in [0.25, 0.3) is 0 Å². The molecule has 0 saturated carbocycles. The molecule has 1 aromatic rings. The Labute approximate surface area is 105 Å². The van der Waals surface area contributed by atoms with Crippen molar-refractivity contribution >= 4 is 29.3 Å². The highest BCUT2D eigenvalue weighted by molar-refractivity contribution is 8.00. The van der Waals surface area contributed by atoms with Crippen LogP contribution in [0.1, 0.15) is 13.8 Å². The van der Waals surface area contributed by atoms with E-state index in [2.05, 4.69) is 15.3 Å². The van der Waals surface area contributed by atoms with Crippen LogP contribution < -0.4 is 5.32 Å². The second kappa shape index (κ2) is 6.32. The quantitative estimate of drug-likeness (QED) is 0.480. The molecule has 2 N–H and O–H groups in total. The molecule has 1 rings (SSSR count). The number of aromatic nitrogens is 2. The smallest absolute Gasteiger partial charge is 0.190 e. The van der Waals surface area contributed by atoms with Crippen molar-refractivity contribution in [3.8, 4) is 0 Å². The van der Waals surface area contributed by atoms with E-state index in [1.807, 2.05) is 26.3 Å². The molecule has 90 valence electrons. The third-order valence-electron chi connectivity index (χ3n) is 2.11. The molecule has 0 aromatic carbocycles. The first-order chi connectivity index (χ1) is 7.56. The van der Waals surface area contributed by atoms with E-state index < -0.39 is 0 Å². The summed E-state index contributed by atoms with van der Waals surface area (Å²) in [5.74, 6) is 0.805. The number of hydrogen-bond donors (Lipinski definition) is 2. The lowest BCUT2D eigenvalue weighted by Gasteiger charge is -2.14. The predicted molar refractivity (Wildman–Crippen MR) is 70.4 cm³/mol. The number of thioether (sulfide) groups is 2. The largest absolute Gasteiger partial charge is 0.392 e. The summed E-state index contributed by atoms with van der Waals surface area (Å²) in [6.07, 6.45) is 1.59. The number of rotatable bonds is 5. The molecule has 1 aromatic heterocycles. The molecular weight excluding hydrogens is 242 g/mol. The standard InChI is InChI=1S/C10H17N3OS2/c1-6(14)7(2)16-9-5-8(11-3)12-10(13-9)15-4/h5-7,14H,1-4H3,(H,11,12,13). The predicted octanol–water partition coefficient (Wildman–Crippen LogP) is 2.10. The molecule has 0 saturated heterocycles. The van der Waals surface area contributed by atoms with E-state index in [1.165, 1.54) is 11.8 Å². The molecule has 0 radical (unpaired) electrons. The number of aliphatic hydroxyl groups excluding tert-OH is 1. The normalized spacial score (nSPS) is 14.6. The van der Waals surface area contributed by atoms with Crippen molar-refractivity contribution in [2.75, 3.05) is 18.6 Å². The number of aliphatic hydroxyl groups is 1. The molecule has 0 aliphatic heterocycles. The number of anilines is 1. The Morgan fingerprint density at radius 3 is 2.56 bits per heavy atom. The first kappa shape index (κ1) is 13.6. The lowest BCUT2D eigenvalue weighted by molar-refractivity contribution is 0.196. The fourth-order valence-corrected chi connectivity index (χ4v) is 2.31. The maximum absolute atomic E-state index is 9.45. The Bertz CT molecular complexity index is 325. The van der Waals surface area contributed by atoms with Gasteiger partial charge in [0.15, 0.2) is 5.16 Å². The van der Waals surface area contributed by atoms with Crippen LogP contribution in [0, 0.1) is 0 Å². The van der Waals surface area contributed by atoms with Crippen molar-refractivity contribution < 1.29 is 5.11 Å². The first-order valence-corrected chi connectivity index (χ1v) is 7.12. The van der Waals surface area contributed by atoms with E-state index in [0.717, 1.165) is 16.0 Å². The molecule has 2 unspecified atom stereocenters. The van der Waals surface area contributed by atoms with E-state index >= 15 is 0 Å². The van der Waals surface area contributed by atoms with Gasteiger partial charge in [0.2, 0.25) is 0 Å². The minimum atomic E-state index is -0.351. The summed E-state index contributed by atoms with van der Waals surface area (Å²) < 4.78 is 0. The zero-order valence-electron chi connectivity index (χ0n) is 9.89. The minimum Gasteiger partial charge on any atom is -0.392 e. The van der Waals surface area contributed by atoms with Crippen LogP contribution in [0.5, 0.6) is 0 Å². The molecule has 0 aliphatic rings.